The van der Waals surface area contributed by atoms with Gasteiger partial charge in [-0.25, -0.2) is 10.4 Å². The molecule has 1 aromatic heterocycles. The molecule has 3 N–H and O–H groups in total. The maximum atomic E-state index is 11.0. The first-order valence-corrected chi connectivity index (χ1v) is 4.62. The molecule has 1 atom stereocenters. The molecule has 0 fully saturated rings. The Labute approximate surface area is 78.7 Å². The van der Waals surface area contributed by atoms with Gasteiger partial charge in [-0.15, -0.1) is 11.3 Å². The summed E-state index contributed by atoms with van der Waals surface area (Å²) in [7, 11) is 0. The van der Waals surface area contributed by atoms with E-state index in [4.69, 9.17) is 5.73 Å². The fourth-order valence-corrected chi connectivity index (χ4v) is 1.68. The van der Waals surface area contributed by atoms with Crippen LogP contribution in [-0.2, 0) is 4.79 Å². The molecule has 0 aliphatic carbocycles. The molecule has 0 saturated heterocycles. The molecule has 68 valence electrons. The van der Waals surface area contributed by atoms with Gasteiger partial charge in [0, 0.05) is 5.38 Å². The van der Waals surface area contributed by atoms with E-state index in [1.807, 2.05) is 12.3 Å². The highest BCUT2D eigenvalue weighted by molar-refractivity contribution is 7.09. The van der Waals surface area contributed by atoms with Gasteiger partial charge in [-0.3, -0.25) is 4.79 Å². The number of hydrogen-bond donors (Lipinski definition) is 2. The molecule has 1 aromatic rings. The summed E-state index contributed by atoms with van der Waals surface area (Å²) in [6.07, 6.45) is 0. The van der Waals surface area contributed by atoms with Gasteiger partial charge in [-0.1, -0.05) is 0 Å². The largest absolute Gasteiger partial charge is 0.315 e. The average Bonchev–Trinajstić information content (AvgIpc) is 2.62. The maximum absolute atomic E-state index is 11.0. The topological polar surface area (TPSA) is 80.4 Å². The molecule has 0 aromatic carbocycles. The molecule has 13 heavy (non-hydrogen) atoms. The van der Waals surface area contributed by atoms with Crippen molar-refractivity contribution in [3.8, 4) is 0 Å². The highest BCUT2D eigenvalue weighted by Gasteiger charge is 2.28. The first-order chi connectivity index (χ1) is 6.18. The van der Waals surface area contributed by atoms with Gasteiger partial charge < -0.3 is 5.73 Å². The molecule has 6 heteroatoms. The molecule has 1 aliphatic rings. The average molecular weight is 196 g/mol. The molecule has 0 bridgehead atoms. The molecular formula is C7H8N4OS. The Morgan fingerprint density at radius 3 is 2.92 bits per heavy atom. The van der Waals surface area contributed by atoms with Crippen molar-refractivity contribution in [2.45, 2.75) is 13.0 Å². The van der Waals surface area contributed by atoms with Gasteiger partial charge in [0.05, 0.1) is 10.7 Å². The number of carbonyl (C=O) groups excluding carboxylic acids is 1. The number of nitrogens with one attached hydrogen (secondary N) is 1. The molecular weight excluding hydrogens is 188 g/mol. The lowest BCUT2D eigenvalue weighted by Crippen LogP contribution is -2.37. The van der Waals surface area contributed by atoms with Crippen LogP contribution < -0.4 is 11.2 Å². The summed E-state index contributed by atoms with van der Waals surface area (Å²) < 4.78 is 0. The third-order valence-corrected chi connectivity index (χ3v) is 2.52. The number of aryl methyl sites for hydroxylation is 1. The standard InChI is InChI=1S/C7H8N4OS/c1-3-9-4(2-13-3)6-5(8)7(12)11-10-6/h2,5H,8H2,1H3,(H,11,12). The van der Waals surface area contributed by atoms with Gasteiger partial charge in [0.2, 0.25) is 0 Å². The maximum Gasteiger partial charge on any atom is 0.263 e. The number of hydrazone groups is 1. The van der Waals surface area contributed by atoms with E-state index < -0.39 is 6.04 Å². The van der Waals surface area contributed by atoms with Crippen molar-refractivity contribution in [1.29, 1.82) is 0 Å². The van der Waals surface area contributed by atoms with Crippen LogP contribution in [0, 0.1) is 6.92 Å². The van der Waals surface area contributed by atoms with E-state index in [2.05, 4.69) is 15.5 Å². The summed E-state index contributed by atoms with van der Waals surface area (Å²) in [6.45, 7) is 1.89. The van der Waals surface area contributed by atoms with E-state index in [0.717, 1.165) is 5.01 Å². The van der Waals surface area contributed by atoms with Crippen LogP contribution in [0.25, 0.3) is 0 Å². The number of amides is 1. The van der Waals surface area contributed by atoms with Crippen LogP contribution in [0.4, 0.5) is 0 Å². The summed E-state index contributed by atoms with van der Waals surface area (Å²) in [5, 5.41) is 6.59. The summed E-state index contributed by atoms with van der Waals surface area (Å²) in [4.78, 5) is 15.2. The number of hydrogen-bond acceptors (Lipinski definition) is 5. The Balaban J connectivity index is 2.33. The van der Waals surface area contributed by atoms with Gasteiger partial charge in [0.15, 0.2) is 0 Å². The summed E-state index contributed by atoms with van der Waals surface area (Å²) >= 11 is 1.51. The van der Waals surface area contributed by atoms with Crippen LogP contribution in [0.1, 0.15) is 10.7 Å². The monoisotopic (exact) mass is 196 g/mol. The molecule has 1 amide bonds. The number of nitrogens with zero attached hydrogens (tertiary/aromatic N) is 2. The third-order valence-electron chi connectivity index (χ3n) is 1.75. The van der Waals surface area contributed by atoms with Crippen LogP contribution in [0.3, 0.4) is 0 Å². The Morgan fingerprint density at radius 1 is 1.69 bits per heavy atom. The summed E-state index contributed by atoms with van der Waals surface area (Å²) in [6, 6.07) is -0.679. The van der Waals surface area contributed by atoms with Crippen molar-refractivity contribution in [2.24, 2.45) is 10.8 Å². The highest BCUT2D eigenvalue weighted by atomic mass is 32.1. The summed E-state index contributed by atoms with van der Waals surface area (Å²) in [5.74, 6) is -0.277. The minimum absolute atomic E-state index is 0.277. The Kier molecular flexibility index (Phi) is 1.86. The fraction of sp³-hybridized carbons (Fsp3) is 0.286. The molecule has 0 radical (unpaired) electrons. The third kappa shape index (κ3) is 1.34. The molecule has 1 unspecified atom stereocenters. The zero-order chi connectivity index (χ0) is 9.42. The first-order valence-electron chi connectivity index (χ1n) is 3.74. The van der Waals surface area contributed by atoms with Crippen LogP contribution in [0.5, 0.6) is 0 Å². The predicted octanol–water partition coefficient (Wildman–Crippen LogP) is -0.387. The smallest absolute Gasteiger partial charge is 0.263 e. The molecule has 0 spiro atoms. The van der Waals surface area contributed by atoms with Crippen molar-refractivity contribution in [1.82, 2.24) is 10.4 Å². The lowest BCUT2D eigenvalue weighted by Gasteiger charge is -1.99. The van der Waals surface area contributed by atoms with Crippen LogP contribution in [0.2, 0.25) is 0 Å². The van der Waals surface area contributed by atoms with Crippen LogP contribution >= 0.6 is 11.3 Å². The van der Waals surface area contributed by atoms with E-state index >= 15 is 0 Å². The molecule has 0 saturated carbocycles. The fourth-order valence-electron chi connectivity index (χ4n) is 1.08. The van der Waals surface area contributed by atoms with Gasteiger partial charge >= 0.3 is 0 Å². The van der Waals surface area contributed by atoms with Crippen LogP contribution in [0.15, 0.2) is 10.5 Å². The van der Waals surface area contributed by atoms with Gasteiger partial charge in [-0.2, -0.15) is 5.10 Å². The Morgan fingerprint density at radius 2 is 2.46 bits per heavy atom. The van der Waals surface area contributed by atoms with E-state index in [1.165, 1.54) is 11.3 Å². The second-order valence-electron chi connectivity index (χ2n) is 2.70. The Bertz CT molecular complexity index is 384. The van der Waals surface area contributed by atoms with E-state index in [9.17, 15) is 4.79 Å². The first kappa shape index (κ1) is 8.33. The van der Waals surface area contributed by atoms with Crippen molar-refractivity contribution < 1.29 is 4.79 Å². The minimum atomic E-state index is -0.679. The summed E-state index contributed by atoms with van der Waals surface area (Å²) in [5.41, 5.74) is 9.11. The SMILES string of the molecule is Cc1nc(C2=NNC(=O)C2N)cs1. The van der Waals surface area contributed by atoms with Crippen molar-refractivity contribution in [3.05, 3.63) is 16.1 Å². The van der Waals surface area contributed by atoms with E-state index in [-0.39, 0.29) is 5.91 Å². The van der Waals surface area contributed by atoms with Gasteiger partial charge in [0.25, 0.3) is 5.91 Å². The van der Waals surface area contributed by atoms with E-state index in [1.54, 1.807) is 0 Å². The highest BCUT2D eigenvalue weighted by Crippen LogP contribution is 2.12. The normalized spacial score (nSPS) is 21.5. The van der Waals surface area contributed by atoms with Gasteiger partial charge in [-0.05, 0) is 6.92 Å². The number of carbonyl (C=O) groups is 1. The number of thiazole rings is 1. The zero-order valence-electron chi connectivity index (χ0n) is 6.94. The number of aromatic nitrogens is 1. The second kappa shape index (κ2) is 2.90. The molecule has 2 rings (SSSR count). The number of nitrogens with two attached hydrogens (primary N) is 1. The van der Waals surface area contributed by atoms with Crippen molar-refractivity contribution in [3.63, 3.8) is 0 Å². The van der Waals surface area contributed by atoms with Crippen molar-refractivity contribution >= 4 is 23.0 Å². The molecule has 1 aliphatic heterocycles. The van der Waals surface area contributed by atoms with Crippen LogP contribution in [-0.4, -0.2) is 22.6 Å². The lowest BCUT2D eigenvalue weighted by atomic mass is 10.1. The second-order valence-corrected chi connectivity index (χ2v) is 3.76. The molecule has 2 heterocycles. The zero-order valence-corrected chi connectivity index (χ0v) is 7.76. The van der Waals surface area contributed by atoms with E-state index in [0.29, 0.717) is 11.4 Å². The lowest BCUT2D eigenvalue weighted by molar-refractivity contribution is -0.120. The predicted molar refractivity (Wildman–Crippen MR) is 49.5 cm³/mol. The van der Waals surface area contributed by atoms with Crippen molar-refractivity contribution in [2.75, 3.05) is 0 Å². The van der Waals surface area contributed by atoms with Gasteiger partial charge in [0.1, 0.15) is 11.8 Å². The minimum Gasteiger partial charge on any atom is -0.315 e. The quantitative estimate of drug-likeness (QED) is 0.642. The molecule has 5 nitrogen and oxygen atoms in total. The number of rotatable bonds is 1. The Hall–Kier alpha value is -1.27.